The van der Waals surface area contributed by atoms with Gasteiger partial charge in [0, 0.05) is 11.6 Å². The molecule has 0 saturated heterocycles. The molecule has 1 aliphatic heterocycles. The molecule has 0 spiro atoms. The van der Waals surface area contributed by atoms with Crippen molar-refractivity contribution in [3.05, 3.63) is 82.9 Å². The van der Waals surface area contributed by atoms with Crippen LogP contribution in [-0.2, 0) is 6.54 Å². The van der Waals surface area contributed by atoms with Gasteiger partial charge in [-0.3, -0.25) is 9.69 Å². The Balaban J connectivity index is 1.50. The van der Waals surface area contributed by atoms with Gasteiger partial charge in [-0.15, -0.1) is 10.2 Å². The van der Waals surface area contributed by atoms with Gasteiger partial charge in [0.25, 0.3) is 5.91 Å². The van der Waals surface area contributed by atoms with Crippen LogP contribution in [0.3, 0.4) is 0 Å². The van der Waals surface area contributed by atoms with Gasteiger partial charge < -0.3 is 9.67 Å². The van der Waals surface area contributed by atoms with Crippen molar-refractivity contribution in [3.63, 3.8) is 0 Å². The molecule has 0 atom stereocenters. The number of carboxylic acid groups (broad SMARTS) is 1. The molecule has 0 aliphatic carbocycles. The molecular weight excluding hydrogens is 449 g/mol. The largest absolute Gasteiger partial charge is 0.478 e. The van der Waals surface area contributed by atoms with Crippen LogP contribution in [0.4, 0.5) is 10.2 Å². The van der Waals surface area contributed by atoms with E-state index in [1.165, 1.54) is 6.07 Å². The molecule has 2 aromatic heterocycles. The van der Waals surface area contributed by atoms with Gasteiger partial charge in [0.05, 0.1) is 12.1 Å². The Hall–Kier alpha value is -4.40. The molecule has 2 aromatic carbocycles. The summed E-state index contributed by atoms with van der Waals surface area (Å²) < 4.78 is 16.3. The lowest BCUT2D eigenvalue weighted by molar-refractivity contribution is 0.0696. The van der Waals surface area contributed by atoms with Crippen molar-refractivity contribution < 1.29 is 19.1 Å². The van der Waals surface area contributed by atoms with Crippen LogP contribution < -0.4 is 4.90 Å². The van der Waals surface area contributed by atoms with Crippen molar-refractivity contribution in [3.8, 4) is 22.6 Å². The number of aromatic nitrogens is 4. The third-order valence-electron chi connectivity index (χ3n) is 6.19. The van der Waals surface area contributed by atoms with Gasteiger partial charge in [0.1, 0.15) is 23.7 Å². The molecular formula is C26H22FN5O3. The minimum Gasteiger partial charge on any atom is -0.478 e. The van der Waals surface area contributed by atoms with E-state index in [0.717, 1.165) is 11.6 Å². The van der Waals surface area contributed by atoms with E-state index in [2.05, 4.69) is 15.2 Å². The Kier molecular flexibility index (Phi) is 5.39. The van der Waals surface area contributed by atoms with Crippen LogP contribution in [0.5, 0.6) is 0 Å². The Labute approximate surface area is 200 Å². The van der Waals surface area contributed by atoms with Crippen LogP contribution in [0.15, 0.2) is 54.9 Å². The van der Waals surface area contributed by atoms with Crippen LogP contribution in [0, 0.1) is 12.7 Å². The average molecular weight is 471 g/mol. The molecule has 8 nitrogen and oxygen atoms in total. The standard InChI is InChI=1S/C26H22FN5O3/c1-14(2)32-13-28-30-24(32)22-5-4-6-23(29-22)31-12-17-8-7-16(9-20(17)25(31)33)19-10-18(26(34)35)11-21(27)15(19)3/h4-11,13-14H,12H2,1-3H3,(H,34,35). The number of amides is 1. The Morgan fingerprint density at radius 3 is 2.66 bits per heavy atom. The quantitative estimate of drug-likeness (QED) is 0.445. The molecule has 1 amide bonds. The first-order chi connectivity index (χ1) is 16.7. The molecule has 4 aromatic rings. The second-order valence-corrected chi connectivity index (χ2v) is 8.74. The highest BCUT2D eigenvalue weighted by atomic mass is 19.1. The van der Waals surface area contributed by atoms with Gasteiger partial charge in [-0.25, -0.2) is 14.2 Å². The predicted molar refractivity (Wildman–Crippen MR) is 128 cm³/mol. The fourth-order valence-electron chi connectivity index (χ4n) is 4.26. The normalized spacial score (nSPS) is 12.9. The van der Waals surface area contributed by atoms with E-state index in [0.29, 0.717) is 46.1 Å². The summed E-state index contributed by atoms with van der Waals surface area (Å²) in [5.41, 5.74) is 3.07. The van der Waals surface area contributed by atoms with E-state index >= 15 is 0 Å². The number of hydrogen-bond acceptors (Lipinski definition) is 5. The van der Waals surface area contributed by atoms with Gasteiger partial charge in [-0.05, 0) is 73.4 Å². The molecule has 3 heterocycles. The molecule has 0 fully saturated rings. The van der Waals surface area contributed by atoms with Crippen molar-refractivity contribution in [2.24, 2.45) is 0 Å². The molecule has 1 N–H and O–H groups in total. The number of aromatic carboxylic acids is 1. The number of carboxylic acids is 1. The van der Waals surface area contributed by atoms with Gasteiger partial charge in [-0.1, -0.05) is 18.2 Å². The van der Waals surface area contributed by atoms with Crippen LogP contribution in [0.2, 0.25) is 0 Å². The SMILES string of the molecule is Cc1c(F)cc(C(=O)O)cc1-c1ccc2c(c1)C(=O)N(c1cccc(-c3nncn3C(C)C)n1)C2. The number of carbonyl (C=O) groups excluding carboxylic acids is 1. The number of carbonyl (C=O) groups is 2. The van der Waals surface area contributed by atoms with Gasteiger partial charge in [0.2, 0.25) is 0 Å². The molecule has 176 valence electrons. The lowest BCUT2D eigenvalue weighted by Gasteiger charge is -2.16. The molecule has 9 heteroatoms. The van der Waals surface area contributed by atoms with E-state index in [1.54, 1.807) is 36.4 Å². The minimum atomic E-state index is -1.21. The molecule has 0 saturated carbocycles. The molecule has 5 rings (SSSR count). The number of hydrogen-bond donors (Lipinski definition) is 1. The lowest BCUT2D eigenvalue weighted by atomic mass is 9.95. The molecule has 0 unspecified atom stereocenters. The van der Waals surface area contributed by atoms with Crippen LogP contribution in [0.25, 0.3) is 22.6 Å². The maximum Gasteiger partial charge on any atom is 0.335 e. The monoisotopic (exact) mass is 471 g/mol. The second kappa shape index (κ2) is 8.43. The summed E-state index contributed by atoms with van der Waals surface area (Å²) in [7, 11) is 0. The Morgan fingerprint density at radius 1 is 1.11 bits per heavy atom. The van der Waals surface area contributed by atoms with Crippen LogP contribution in [-0.4, -0.2) is 36.7 Å². The lowest BCUT2D eigenvalue weighted by Crippen LogP contribution is -2.24. The van der Waals surface area contributed by atoms with E-state index < -0.39 is 11.8 Å². The number of fused-ring (bicyclic) bond motifs is 1. The highest BCUT2D eigenvalue weighted by Crippen LogP contribution is 2.34. The first kappa shape index (κ1) is 22.4. The fourth-order valence-corrected chi connectivity index (χ4v) is 4.26. The summed E-state index contributed by atoms with van der Waals surface area (Å²) in [6.07, 6.45) is 1.65. The summed E-state index contributed by atoms with van der Waals surface area (Å²) in [5, 5.41) is 17.5. The number of pyridine rings is 1. The maximum absolute atomic E-state index is 14.4. The first-order valence-corrected chi connectivity index (χ1v) is 11.1. The Bertz CT molecular complexity index is 1490. The van der Waals surface area contributed by atoms with Crippen molar-refractivity contribution >= 4 is 17.7 Å². The van der Waals surface area contributed by atoms with Crippen molar-refractivity contribution in [1.82, 2.24) is 19.7 Å². The summed E-state index contributed by atoms with van der Waals surface area (Å²) in [6.45, 7) is 5.97. The number of nitrogens with zero attached hydrogens (tertiary/aromatic N) is 5. The van der Waals surface area contributed by atoms with Gasteiger partial charge >= 0.3 is 5.97 Å². The highest BCUT2D eigenvalue weighted by Gasteiger charge is 2.30. The van der Waals surface area contributed by atoms with Gasteiger partial charge in [-0.2, -0.15) is 0 Å². The fraction of sp³-hybridized carbons (Fsp3) is 0.192. The van der Waals surface area contributed by atoms with E-state index in [4.69, 9.17) is 0 Å². The molecule has 0 bridgehead atoms. The molecule has 0 radical (unpaired) electrons. The minimum absolute atomic E-state index is 0.146. The van der Waals surface area contributed by atoms with Crippen LogP contribution in [0.1, 0.15) is 51.7 Å². The highest BCUT2D eigenvalue weighted by molar-refractivity contribution is 6.10. The Morgan fingerprint density at radius 2 is 1.91 bits per heavy atom. The van der Waals surface area contributed by atoms with Crippen molar-refractivity contribution in [2.45, 2.75) is 33.4 Å². The van der Waals surface area contributed by atoms with Crippen molar-refractivity contribution in [2.75, 3.05) is 4.90 Å². The van der Waals surface area contributed by atoms with E-state index in [1.807, 2.05) is 36.6 Å². The van der Waals surface area contributed by atoms with Gasteiger partial charge in [0.15, 0.2) is 5.82 Å². The summed E-state index contributed by atoms with van der Waals surface area (Å²) in [4.78, 5) is 31.0. The third-order valence-corrected chi connectivity index (χ3v) is 6.19. The zero-order valence-electron chi connectivity index (χ0n) is 19.4. The summed E-state index contributed by atoms with van der Waals surface area (Å²) >= 11 is 0. The molecule has 1 aliphatic rings. The number of anilines is 1. The maximum atomic E-state index is 14.4. The number of benzene rings is 2. The van der Waals surface area contributed by atoms with E-state index in [9.17, 15) is 19.1 Å². The second-order valence-electron chi connectivity index (χ2n) is 8.74. The average Bonchev–Trinajstić information content (AvgIpc) is 3.46. The zero-order chi connectivity index (χ0) is 24.9. The molecule has 35 heavy (non-hydrogen) atoms. The zero-order valence-corrected chi connectivity index (χ0v) is 19.4. The predicted octanol–water partition coefficient (Wildman–Crippen LogP) is 4.89. The smallest absolute Gasteiger partial charge is 0.335 e. The van der Waals surface area contributed by atoms with Crippen molar-refractivity contribution in [1.29, 1.82) is 0 Å². The summed E-state index contributed by atoms with van der Waals surface area (Å²) in [6, 6.07) is 13.3. The number of rotatable bonds is 5. The topological polar surface area (TPSA) is 101 Å². The van der Waals surface area contributed by atoms with Crippen LogP contribution >= 0.6 is 0 Å². The third kappa shape index (κ3) is 3.84. The first-order valence-electron chi connectivity index (χ1n) is 11.1. The number of halogens is 1. The van der Waals surface area contributed by atoms with E-state index in [-0.39, 0.29) is 17.5 Å². The summed E-state index contributed by atoms with van der Waals surface area (Å²) in [5.74, 6) is -0.955.